The third-order valence-electron chi connectivity index (χ3n) is 2.20. The molecule has 5 nitrogen and oxygen atoms in total. The summed E-state index contributed by atoms with van der Waals surface area (Å²) < 4.78 is 26.5. The van der Waals surface area contributed by atoms with Crippen LogP contribution in [0.5, 0.6) is 0 Å². The van der Waals surface area contributed by atoms with E-state index in [-0.39, 0.29) is 5.69 Å². The molecule has 0 fully saturated rings. The van der Waals surface area contributed by atoms with Crippen molar-refractivity contribution in [2.45, 2.75) is 6.92 Å². The van der Waals surface area contributed by atoms with E-state index in [0.29, 0.717) is 17.5 Å². The number of nitrogen functional groups attached to an aromatic ring is 1. The van der Waals surface area contributed by atoms with Crippen LogP contribution in [0.1, 0.15) is 5.82 Å². The molecule has 0 aliphatic rings. The molecule has 1 aromatic heterocycles. The minimum atomic E-state index is -0.962. The highest BCUT2D eigenvalue weighted by atomic mass is 19.2. The number of hydrogen-bond donors (Lipinski definition) is 3. The Morgan fingerprint density at radius 2 is 1.89 bits per heavy atom. The lowest BCUT2D eigenvalue weighted by atomic mass is 10.3. The topological polar surface area (TPSA) is 75.9 Å². The quantitative estimate of drug-likeness (QED) is 0.575. The van der Waals surface area contributed by atoms with E-state index in [1.165, 1.54) is 18.2 Å². The minimum Gasteiger partial charge on any atom is -0.338 e. The number of anilines is 3. The molecule has 1 aromatic carbocycles. The number of rotatable bonds is 3. The number of halogens is 2. The summed E-state index contributed by atoms with van der Waals surface area (Å²) in [6.07, 6.45) is 0. The predicted molar refractivity (Wildman–Crippen MR) is 64.2 cm³/mol. The zero-order valence-corrected chi connectivity index (χ0v) is 9.54. The summed E-state index contributed by atoms with van der Waals surface area (Å²) in [5.74, 6) is 4.49. The fraction of sp³-hybridized carbons (Fsp3) is 0.0909. The number of nitrogens with zero attached hydrogens (tertiary/aromatic N) is 2. The minimum absolute atomic E-state index is 0.00364. The number of aromatic nitrogens is 2. The van der Waals surface area contributed by atoms with Crippen LogP contribution in [0.15, 0.2) is 24.3 Å². The molecular formula is C11H11F2N5. The molecule has 0 atom stereocenters. The van der Waals surface area contributed by atoms with Gasteiger partial charge in [0, 0.05) is 6.07 Å². The van der Waals surface area contributed by atoms with Gasteiger partial charge in [0.15, 0.2) is 11.6 Å². The van der Waals surface area contributed by atoms with E-state index >= 15 is 0 Å². The molecular weight excluding hydrogens is 240 g/mol. The smallest absolute Gasteiger partial charge is 0.182 e. The lowest BCUT2D eigenvalue weighted by molar-refractivity contribution is 0.511. The van der Waals surface area contributed by atoms with Gasteiger partial charge in [0.25, 0.3) is 0 Å². The fourth-order valence-electron chi connectivity index (χ4n) is 1.44. The molecule has 2 rings (SSSR count). The van der Waals surface area contributed by atoms with Crippen molar-refractivity contribution in [2.75, 3.05) is 10.7 Å². The number of aryl methyl sites for hydroxylation is 1. The molecule has 0 aliphatic carbocycles. The van der Waals surface area contributed by atoms with Crippen LogP contribution in [-0.2, 0) is 0 Å². The molecule has 2 aromatic rings. The largest absolute Gasteiger partial charge is 0.338 e. The normalized spacial score (nSPS) is 10.2. The summed E-state index contributed by atoms with van der Waals surface area (Å²) >= 11 is 0. The van der Waals surface area contributed by atoms with E-state index in [2.05, 4.69) is 20.7 Å². The second-order valence-corrected chi connectivity index (χ2v) is 3.56. The van der Waals surface area contributed by atoms with Crippen LogP contribution in [0.2, 0.25) is 0 Å². The third kappa shape index (κ3) is 2.51. The van der Waals surface area contributed by atoms with Crippen molar-refractivity contribution >= 4 is 17.3 Å². The Labute approximate surface area is 102 Å². The molecule has 0 aliphatic heterocycles. The summed E-state index contributed by atoms with van der Waals surface area (Å²) in [5.41, 5.74) is 2.36. The maximum atomic E-state index is 13.4. The van der Waals surface area contributed by atoms with Gasteiger partial charge in [0.05, 0.1) is 5.69 Å². The first-order valence-electron chi connectivity index (χ1n) is 5.13. The Morgan fingerprint density at radius 1 is 1.17 bits per heavy atom. The monoisotopic (exact) mass is 251 g/mol. The van der Waals surface area contributed by atoms with Crippen molar-refractivity contribution in [2.24, 2.45) is 5.84 Å². The van der Waals surface area contributed by atoms with Gasteiger partial charge in [0.1, 0.15) is 17.5 Å². The van der Waals surface area contributed by atoms with Crippen molar-refractivity contribution in [1.29, 1.82) is 0 Å². The standard InChI is InChI=1S/C11H11F2N5/c1-6-15-9(5-10(16-6)18-14)17-8-4-2-3-7(12)11(8)13/h2-5H,14H2,1H3,(H2,15,16,17,18). The molecule has 4 N–H and O–H groups in total. The zero-order chi connectivity index (χ0) is 13.1. The zero-order valence-electron chi connectivity index (χ0n) is 9.54. The van der Waals surface area contributed by atoms with E-state index in [1.54, 1.807) is 6.92 Å². The summed E-state index contributed by atoms with van der Waals surface area (Å²) in [5, 5.41) is 2.67. The first kappa shape index (κ1) is 12.2. The van der Waals surface area contributed by atoms with Gasteiger partial charge < -0.3 is 10.7 Å². The fourth-order valence-corrected chi connectivity index (χ4v) is 1.44. The summed E-state index contributed by atoms with van der Waals surface area (Å²) in [4.78, 5) is 8.02. The molecule has 0 saturated carbocycles. The van der Waals surface area contributed by atoms with Crippen LogP contribution in [-0.4, -0.2) is 9.97 Å². The Balaban J connectivity index is 2.34. The maximum Gasteiger partial charge on any atom is 0.182 e. The van der Waals surface area contributed by atoms with Crippen LogP contribution in [0.4, 0.5) is 26.1 Å². The van der Waals surface area contributed by atoms with Gasteiger partial charge in [-0.05, 0) is 19.1 Å². The highest BCUT2D eigenvalue weighted by Crippen LogP contribution is 2.21. The lowest BCUT2D eigenvalue weighted by Gasteiger charge is -2.09. The first-order valence-corrected chi connectivity index (χ1v) is 5.13. The molecule has 0 bridgehead atoms. The number of nitrogens with one attached hydrogen (secondary N) is 2. The lowest BCUT2D eigenvalue weighted by Crippen LogP contribution is -2.10. The van der Waals surface area contributed by atoms with Gasteiger partial charge >= 0.3 is 0 Å². The van der Waals surface area contributed by atoms with Crippen molar-refractivity contribution in [1.82, 2.24) is 9.97 Å². The van der Waals surface area contributed by atoms with Gasteiger partial charge in [-0.15, -0.1) is 0 Å². The molecule has 7 heteroatoms. The highest BCUT2D eigenvalue weighted by molar-refractivity contribution is 5.59. The number of hydrazine groups is 1. The third-order valence-corrected chi connectivity index (χ3v) is 2.20. The number of benzene rings is 1. The van der Waals surface area contributed by atoms with Gasteiger partial charge in [-0.1, -0.05) is 6.07 Å². The Hall–Kier alpha value is -2.28. The van der Waals surface area contributed by atoms with Gasteiger partial charge in [-0.2, -0.15) is 0 Å². The molecule has 0 spiro atoms. The van der Waals surface area contributed by atoms with E-state index in [9.17, 15) is 8.78 Å². The second kappa shape index (κ2) is 4.92. The molecule has 0 radical (unpaired) electrons. The molecule has 94 valence electrons. The SMILES string of the molecule is Cc1nc(NN)cc(Nc2cccc(F)c2F)n1. The van der Waals surface area contributed by atoms with Gasteiger partial charge in [-0.25, -0.2) is 24.6 Å². The Bertz CT molecular complexity index is 573. The number of hydrogen-bond acceptors (Lipinski definition) is 5. The van der Waals surface area contributed by atoms with Crippen molar-refractivity contribution in [3.63, 3.8) is 0 Å². The van der Waals surface area contributed by atoms with Crippen molar-refractivity contribution in [3.8, 4) is 0 Å². The van der Waals surface area contributed by atoms with Gasteiger partial charge in [0.2, 0.25) is 0 Å². The molecule has 1 heterocycles. The molecule has 0 saturated heterocycles. The predicted octanol–water partition coefficient (Wildman–Crippen LogP) is 2.09. The van der Waals surface area contributed by atoms with Crippen LogP contribution in [0.3, 0.4) is 0 Å². The highest BCUT2D eigenvalue weighted by Gasteiger charge is 2.09. The van der Waals surface area contributed by atoms with E-state index in [0.717, 1.165) is 6.07 Å². The van der Waals surface area contributed by atoms with Crippen LogP contribution >= 0.6 is 0 Å². The van der Waals surface area contributed by atoms with Crippen LogP contribution in [0.25, 0.3) is 0 Å². The average Bonchev–Trinajstić information content (AvgIpc) is 2.34. The van der Waals surface area contributed by atoms with E-state index in [4.69, 9.17) is 5.84 Å². The van der Waals surface area contributed by atoms with E-state index in [1.807, 2.05) is 0 Å². The maximum absolute atomic E-state index is 13.4. The van der Waals surface area contributed by atoms with Crippen molar-refractivity contribution < 1.29 is 8.78 Å². The summed E-state index contributed by atoms with van der Waals surface area (Å²) in [7, 11) is 0. The average molecular weight is 251 g/mol. The Kier molecular flexibility index (Phi) is 3.33. The second-order valence-electron chi connectivity index (χ2n) is 3.56. The van der Waals surface area contributed by atoms with E-state index < -0.39 is 11.6 Å². The molecule has 0 amide bonds. The molecule has 0 unspecified atom stereocenters. The number of nitrogens with two attached hydrogens (primary N) is 1. The van der Waals surface area contributed by atoms with Crippen molar-refractivity contribution in [3.05, 3.63) is 41.7 Å². The van der Waals surface area contributed by atoms with Gasteiger partial charge in [-0.3, -0.25) is 0 Å². The molecule has 18 heavy (non-hydrogen) atoms. The van der Waals surface area contributed by atoms with Crippen LogP contribution < -0.4 is 16.6 Å². The first-order chi connectivity index (χ1) is 8.60. The van der Waals surface area contributed by atoms with Crippen LogP contribution in [0, 0.1) is 18.6 Å². The summed E-state index contributed by atoms with van der Waals surface area (Å²) in [6.45, 7) is 1.66. The Morgan fingerprint density at radius 3 is 2.61 bits per heavy atom. The summed E-state index contributed by atoms with van der Waals surface area (Å²) in [6, 6.07) is 5.33.